The minimum atomic E-state index is 0.186. The fraction of sp³-hybridized carbons (Fsp3) is 0.800. The molecular weight excluding hydrogens is 342 g/mol. The van der Waals surface area contributed by atoms with E-state index in [9.17, 15) is 9.90 Å². The van der Waals surface area contributed by atoms with E-state index >= 15 is 0 Å². The summed E-state index contributed by atoms with van der Waals surface area (Å²) in [6, 6.07) is 0. The van der Waals surface area contributed by atoms with Gasteiger partial charge in [-0.2, -0.15) is 0 Å². The summed E-state index contributed by atoms with van der Waals surface area (Å²) in [5.74, 6) is 1.48. The number of likely N-dealkylation sites (tertiary alicyclic amines) is 3. The van der Waals surface area contributed by atoms with E-state index in [4.69, 9.17) is 0 Å². The summed E-state index contributed by atoms with van der Waals surface area (Å²) >= 11 is 0. The lowest BCUT2D eigenvalue weighted by atomic mass is 9.64. The summed E-state index contributed by atoms with van der Waals surface area (Å²) < 4.78 is 0. The third kappa shape index (κ3) is 4.20. The fourth-order valence-electron chi connectivity index (χ4n) is 5.23. The Morgan fingerprint density at radius 1 is 1.15 bits per heavy atom. The normalized spacial score (nSPS) is 26.7. The lowest BCUT2D eigenvalue weighted by molar-refractivity contribution is -0.139. The Hall–Kier alpha value is -1.44. The lowest BCUT2D eigenvalue weighted by Gasteiger charge is -2.51. The van der Waals surface area contributed by atoms with Crippen molar-refractivity contribution in [1.29, 1.82) is 0 Å². The van der Waals surface area contributed by atoms with Crippen molar-refractivity contribution in [2.45, 2.75) is 38.6 Å². The molecule has 150 valence electrons. The van der Waals surface area contributed by atoms with Crippen molar-refractivity contribution in [3.05, 3.63) is 18.2 Å². The van der Waals surface area contributed by atoms with Crippen LogP contribution in [-0.2, 0) is 11.3 Å². The highest BCUT2D eigenvalue weighted by Crippen LogP contribution is 2.45. The molecule has 0 saturated carbocycles. The number of aromatic amines is 1. The summed E-state index contributed by atoms with van der Waals surface area (Å²) in [5, 5.41) is 10.1. The molecular formula is C20H33N5O2. The predicted molar refractivity (Wildman–Crippen MR) is 103 cm³/mol. The Labute approximate surface area is 161 Å². The third-order valence-corrected chi connectivity index (χ3v) is 7.10. The second-order valence-electron chi connectivity index (χ2n) is 8.63. The number of aliphatic hydroxyl groups is 1. The summed E-state index contributed by atoms with van der Waals surface area (Å²) in [4.78, 5) is 26.9. The first kappa shape index (κ1) is 18.9. The molecule has 4 heterocycles. The smallest absolute Gasteiger partial charge is 0.236 e. The van der Waals surface area contributed by atoms with Crippen LogP contribution in [0.1, 0.15) is 37.9 Å². The zero-order valence-electron chi connectivity index (χ0n) is 16.3. The highest BCUT2D eigenvalue weighted by molar-refractivity contribution is 5.78. The Kier molecular flexibility index (Phi) is 5.80. The van der Waals surface area contributed by atoms with Crippen molar-refractivity contribution in [2.24, 2.45) is 11.3 Å². The van der Waals surface area contributed by atoms with Crippen LogP contribution >= 0.6 is 0 Å². The van der Waals surface area contributed by atoms with Crippen LogP contribution in [0.15, 0.2) is 12.4 Å². The molecule has 0 aliphatic carbocycles. The van der Waals surface area contributed by atoms with Crippen LogP contribution in [0.5, 0.6) is 0 Å². The van der Waals surface area contributed by atoms with Crippen LogP contribution in [-0.4, -0.2) is 88.1 Å². The summed E-state index contributed by atoms with van der Waals surface area (Å²) in [6.07, 6.45) is 9.34. The Balaban J connectivity index is 1.31. The average Bonchev–Trinajstić information content (AvgIpc) is 3.38. The molecule has 7 heteroatoms. The number of imidazole rings is 1. The fourth-order valence-corrected chi connectivity index (χ4v) is 5.23. The van der Waals surface area contributed by atoms with E-state index in [-0.39, 0.29) is 23.8 Å². The van der Waals surface area contributed by atoms with Gasteiger partial charge in [-0.25, -0.2) is 4.98 Å². The molecule has 1 aromatic heterocycles. The van der Waals surface area contributed by atoms with Gasteiger partial charge in [0.25, 0.3) is 0 Å². The van der Waals surface area contributed by atoms with Gasteiger partial charge in [0.05, 0.1) is 13.1 Å². The highest BCUT2D eigenvalue weighted by Gasteiger charge is 2.45. The first-order valence-corrected chi connectivity index (χ1v) is 10.5. The third-order valence-electron chi connectivity index (χ3n) is 7.10. The van der Waals surface area contributed by atoms with Crippen molar-refractivity contribution in [3.63, 3.8) is 0 Å². The van der Waals surface area contributed by atoms with Gasteiger partial charge in [-0.15, -0.1) is 0 Å². The van der Waals surface area contributed by atoms with Crippen LogP contribution in [0.25, 0.3) is 0 Å². The highest BCUT2D eigenvalue weighted by atomic mass is 16.3. The Morgan fingerprint density at radius 3 is 2.56 bits per heavy atom. The maximum atomic E-state index is 12.7. The molecule has 0 radical (unpaired) electrons. The first-order valence-electron chi connectivity index (χ1n) is 10.5. The topological polar surface area (TPSA) is 75.7 Å². The monoisotopic (exact) mass is 375 g/mol. The number of hydrogen-bond donors (Lipinski definition) is 2. The quantitative estimate of drug-likeness (QED) is 0.801. The van der Waals surface area contributed by atoms with Crippen molar-refractivity contribution >= 4 is 5.91 Å². The zero-order chi connectivity index (χ0) is 18.7. The number of aromatic nitrogens is 2. The van der Waals surface area contributed by atoms with Crippen LogP contribution in [0.3, 0.4) is 0 Å². The van der Waals surface area contributed by atoms with Gasteiger partial charge >= 0.3 is 0 Å². The number of rotatable bonds is 5. The van der Waals surface area contributed by atoms with E-state index in [1.165, 1.54) is 12.8 Å². The van der Waals surface area contributed by atoms with Gasteiger partial charge < -0.3 is 15.0 Å². The van der Waals surface area contributed by atoms with Gasteiger partial charge in [0, 0.05) is 38.0 Å². The molecule has 0 unspecified atom stereocenters. The number of carbonyl (C=O) groups excluding carboxylic acids is 1. The number of hydrogen-bond acceptors (Lipinski definition) is 5. The van der Waals surface area contributed by atoms with E-state index in [2.05, 4.69) is 19.8 Å². The number of nitrogens with one attached hydrogen (secondary N) is 1. The van der Waals surface area contributed by atoms with Crippen molar-refractivity contribution in [1.82, 2.24) is 24.7 Å². The van der Waals surface area contributed by atoms with E-state index in [1.807, 2.05) is 11.1 Å². The standard InChI is InChI=1S/C20H33N5O2/c26-16-17-13-25(19(27)15-23-8-1-2-9-23)12-5-20(17)3-10-24(11-4-20)14-18-21-6-7-22-18/h6-7,17,26H,1-5,8-16H2,(H,21,22)/t17-/m1/s1. The van der Waals surface area contributed by atoms with Crippen molar-refractivity contribution in [3.8, 4) is 0 Å². The molecule has 3 saturated heterocycles. The molecule has 27 heavy (non-hydrogen) atoms. The van der Waals surface area contributed by atoms with E-state index in [1.54, 1.807) is 6.20 Å². The van der Waals surface area contributed by atoms with Gasteiger partial charge in [0.15, 0.2) is 0 Å². The number of nitrogens with zero attached hydrogens (tertiary/aromatic N) is 4. The Morgan fingerprint density at radius 2 is 1.89 bits per heavy atom. The molecule has 4 rings (SSSR count). The van der Waals surface area contributed by atoms with Gasteiger partial charge in [0.1, 0.15) is 5.82 Å². The maximum absolute atomic E-state index is 12.7. The number of H-pyrrole nitrogens is 1. The van der Waals surface area contributed by atoms with Crippen LogP contribution in [0.4, 0.5) is 0 Å². The second-order valence-corrected chi connectivity index (χ2v) is 8.63. The van der Waals surface area contributed by atoms with E-state index in [0.29, 0.717) is 6.54 Å². The molecule has 7 nitrogen and oxygen atoms in total. The summed E-state index contributed by atoms with van der Waals surface area (Å²) in [7, 11) is 0. The van der Waals surface area contributed by atoms with Crippen molar-refractivity contribution < 1.29 is 9.90 Å². The average molecular weight is 376 g/mol. The van der Waals surface area contributed by atoms with Gasteiger partial charge in [-0.3, -0.25) is 14.6 Å². The second kappa shape index (κ2) is 8.29. The molecule has 1 amide bonds. The Bertz CT molecular complexity index is 606. The largest absolute Gasteiger partial charge is 0.396 e. The minimum absolute atomic E-state index is 0.186. The maximum Gasteiger partial charge on any atom is 0.236 e. The van der Waals surface area contributed by atoms with Crippen LogP contribution in [0, 0.1) is 11.3 Å². The zero-order valence-corrected chi connectivity index (χ0v) is 16.3. The molecule has 3 aliphatic heterocycles. The molecule has 2 N–H and O–H groups in total. The molecule has 1 aromatic rings. The van der Waals surface area contributed by atoms with Crippen molar-refractivity contribution in [2.75, 3.05) is 52.4 Å². The summed E-state index contributed by atoms with van der Waals surface area (Å²) in [6.45, 7) is 7.37. The van der Waals surface area contributed by atoms with Crippen LogP contribution in [0.2, 0.25) is 0 Å². The van der Waals surface area contributed by atoms with Gasteiger partial charge in [-0.1, -0.05) is 0 Å². The molecule has 3 fully saturated rings. The summed E-state index contributed by atoms with van der Waals surface area (Å²) in [5.41, 5.74) is 0.193. The number of amides is 1. The minimum Gasteiger partial charge on any atom is -0.396 e. The van der Waals surface area contributed by atoms with E-state index < -0.39 is 0 Å². The lowest BCUT2D eigenvalue weighted by Crippen LogP contribution is -2.55. The van der Waals surface area contributed by atoms with Gasteiger partial charge in [-0.05, 0) is 63.7 Å². The number of carbonyl (C=O) groups is 1. The molecule has 1 spiro atoms. The molecule has 1 atom stereocenters. The first-order chi connectivity index (χ1) is 13.2. The molecule has 3 aliphatic rings. The van der Waals surface area contributed by atoms with Gasteiger partial charge in [0.2, 0.25) is 5.91 Å². The SMILES string of the molecule is O=C(CN1CCCC1)N1CCC2(CCN(Cc3ncc[nH]3)CC2)[C@@H](CO)C1. The predicted octanol–water partition coefficient (Wildman–Crippen LogP) is 0.929. The molecule has 0 aromatic carbocycles. The number of aliphatic hydroxyl groups excluding tert-OH is 1. The van der Waals surface area contributed by atoms with E-state index in [0.717, 1.165) is 70.9 Å². The number of piperidine rings is 2. The van der Waals surface area contributed by atoms with Crippen LogP contribution < -0.4 is 0 Å². The molecule has 0 bridgehead atoms.